The van der Waals surface area contributed by atoms with Gasteiger partial charge in [-0.3, -0.25) is 9.69 Å². The van der Waals surface area contributed by atoms with Crippen LogP contribution in [0.3, 0.4) is 0 Å². The number of ether oxygens (including phenoxy) is 1. The lowest BCUT2D eigenvalue weighted by molar-refractivity contribution is -0.138. The minimum atomic E-state index is -4.59. The molecule has 11 heteroatoms. The number of piperidine rings is 1. The third kappa shape index (κ3) is 4.90. The Hall–Kier alpha value is -3.28. The van der Waals surface area contributed by atoms with Gasteiger partial charge in [0.2, 0.25) is 0 Å². The maximum Gasteiger partial charge on any atom is 0.416 e. The first-order chi connectivity index (χ1) is 19.2. The quantitative estimate of drug-likeness (QED) is 0.479. The van der Waals surface area contributed by atoms with Crippen LogP contribution >= 0.6 is 0 Å². The number of aliphatic hydroxyl groups excluding tert-OH is 1. The highest BCUT2D eigenvalue weighted by atomic mass is 19.4. The lowest BCUT2D eigenvalue weighted by Crippen LogP contribution is -2.49. The topological polar surface area (TPSA) is 83.7 Å². The standard InChI is InChI=1S/C29H32F3N5O3/c1-35-18-33-34-26(35)11-28(16-40-17-28)21-5-2-6-22(10-21)37-14-24-23(27(37)39)8-20(9-25(24)29(30,31)32)13-36-7-3-4-19(12-36)15-38/h2,5-6,8-10,18-19,38H,3-4,7,11-17H2,1H3. The summed E-state index contributed by atoms with van der Waals surface area (Å²) in [7, 11) is 1.88. The molecule has 40 heavy (non-hydrogen) atoms. The molecule has 0 aliphatic carbocycles. The van der Waals surface area contributed by atoms with E-state index in [0.29, 0.717) is 44.0 Å². The SMILES string of the molecule is Cn1cnnc1CC1(c2cccc(N3Cc4c(cc(CN5CCCC(CO)C5)cc4C(F)(F)F)C3=O)c2)COC1. The summed E-state index contributed by atoms with van der Waals surface area (Å²) in [6.07, 6.45) is -0.562. The molecule has 1 N–H and O–H groups in total. The number of alkyl halides is 3. The van der Waals surface area contributed by atoms with E-state index in [9.17, 15) is 23.1 Å². The Labute approximate surface area is 230 Å². The van der Waals surface area contributed by atoms with E-state index in [4.69, 9.17) is 4.74 Å². The first-order valence-corrected chi connectivity index (χ1v) is 13.6. The molecule has 3 aliphatic heterocycles. The molecule has 6 rings (SSSR count). The van der Waals surface area contributed by atoms with Crippen molar-refractivity contribution in [2.24, 2.45) is 13.0 Å². The molecule has 2 aromatic carbocycles. The van der Waals surface area contributed by atoms with Gasteiger partial charge in [0, 0.05) is 49.8 Å². The fourth-order valence-electron chi connectivity index (χ4n) is 6.22. The normalized spacial score (nSPS) is 21.0. The number of aliphatic hydroxyl groups is 1. The average Bonchev–Trinajstić information content (AvgIpc) is 3.47. The summed E-state index contributed by atoms with van der Waals surface area (Å²) in [5.74, 6) is 0.492. The molecule has 3 aliphatic rings. The number of halogens is 3. The van der Waals surface area contributed by atoms with Crippen LogP contribution in [-0.2, 0) is 42.9 Å². The summed E-state index contributed by atoms with van der Waals surface area (Å²) < 4.78 is 50.2. The highest BCUT2D eigenvalue weighted by molar-refractivity contribution is 6.10. The van der Waals surface area contributed by atoms with E-state index in [0.717, 1.165) is 30.8 Å². The summed E-state index contributed by atoms with van der Waals surface area (Å²) in [6.45, 7) is 2.56. The number of rotatable bonds is 7. The predicted octanol–water partition coefficient (Wildman–Crippen LogP) is 3.71. The van der Waals surface area contributed by atoms with Gasteiger partial charge >= 0.3 is 6.18 Å². The Morgan fingerprint density at radius 3 is 2.70 bits per heavy atom. The van der Waals surface area contributed by atoms with E-state index < -0.39 is 17.6 Å². The molecule has 2 fully saturated rings. The van der Waals surface area contributed by atoms with Crippen molar-refractivity contribution in [3.8, 4) is 0 Å². The molecule has 1 aromatic heterocycles. The first-order valence-electron chi connectivity index (χ1n) is 13.6. The van der Waals surface area contributed by atoms with Crippen LogP contribution in [0, 0.1) is 5.92 Å². The summed E-state index contributed by atoms with van der Waals surface area (Å²) in [4.78, 5) is 17.1. The number of likely N-dealkylation sites (tertiary alicyclic amines) is 1. The highest BCUT2D eigenvalue weighted by Gasteiger charge is 2.43. The third-order valence-electron chi connectivity index (χ3n) is 8.50. The smallest absolute Gasteiger partial charge is 0.396 e. The lowest BCUT2D eigenvalue weighted by Gasteiger charge is -2.42. The molecule has 1 amide bonds. The van der Waals surface area contributed by atoms with Crippen molar-refractivity contribution < 1.29 is 27.8 Å². The second-order valence-corrected chi connectivity index (χ2v) is 11.3. The number of hydrogen-bond acceptors (Lipinski definition) is 6. The van der Waals surface area contributed by atoms with Crippen molar-refractivity contribution in [1.29, 1.82) is 0 Å². The van der Waals surface area contributed by atoms with Crippen LogP contribution in [0.5, 0.6) is 0 Å². The number of carbonyl (C=O) groups is 1. The fourth-order valence-corrected chi connectivity index (χ4v) is 6.22. The van der Waals surface area contributed by atoms with Crippen LogP contribution in [0.4, 0.5) is 18.9 Å². The van der Waals surface area contributed by atoms with Gasteiger partial charge in [-0.05, 0) is 66.3 Å². The summed E-state index contributed by atoms with van der Waals surface area (Å²) >= 11 is 0. The Morgan fingerprint density at radius 1 is 1.20 bits per heavy atom. The molecule has 0 radical (unpaired) electrons. The van der Waals surface area contributed by atoms with Crippen LogP contribution in [0.25, 0.3) is 0 Å². The Balaban J connectivity index is 1.30. The van der Waals surface area contributed by atoms with Gasteiger partial charge in [0.05, 0.1) is 25.3 Å². The molecule has 0 saturated carbocycles. The number of hydrogen-bond donors (Lipinski definition) is 1. The predicted molar refractivity (Wildman–Crippen MR) is 141 cm³/mol. The molecule has 4 heterocycles. The Kier molecular flexibility index (Phi) is 6.92. The maximum absolute atomic E-state index is 14.3. The van der Waals surface area contributed by atoms with Gasteiger partial charge in [0.25, 0.3) is 5.91 Å². The maximum atomic E-state index is 14.3. The third-order valence-corrected chi connectivity index (χ3v) is 8.50. The van der Waals surface area contributed by atoms with Gasteiger partial charge in [-0.2, -0.15) is 13.2 Å². The molecule has 1 unspecified atom stereocenters. The summed E-state index contributed by atoms with van der Waals surface area (Å²) in [6, 6.07) is 10.3. The van der Waals surface area contributed by atoms with Crippen LogP contribution in [-0.4, -0.2) is 63.6 Å². The summed E-state index contributed by atoms with van der Waals surface area (Å²) in [5.41, 5.74) is 0.975. The molecular weight excluding hydrogens is 523 g/mol. The molecule has 1 atom stereocenters. The van der Waals surface area contributed by atoms with Gasteiger partial charge in [-0.25, -0.2) is 0 Å². The van der Waals surface area contributed by atoms with E-state index in [-0.39, 0.29) is 35.6 Å². The number of fused-ring (bicyclic) bond motifs is 1. The van der Waals surface area contributed by atoms with Crippen molar-refractivity contribution in [3.05, 3.63) is 76.4 Å². The van der Waals surface area contributed by atoms with Crippen molar-refractivity contribution in [3.63, 3.8) is 0 Å². The van der Waals surface area contributed by atoms with Crippen molar-refractivity contribution in [2.75, 3.05) is 37.8 Å². The zero-order chi connectivity index (χ0) is 28.1. The largest absolute Gasteiger partial charge is 0.416 e. The van der Waals surface area contributed by atoms with Crippen molar-refractivity contribution in [1.82, 2.24) is 19.7 Å². The number of benzene rings is 2. The minimum Gasteiger partial charge on any atom is -0.396 e. The Morgan fingerprint density at radius 2 is 2.02 bits per heavy atom. The van der Waals surface area contributed by atoms with E-state index in [2.05, 4.69) is 15.1 Å². The number of nitrogens with zero attached hydrogens (tertiary/aromatic N) is 5. The number of anilines is 1. The van der Waals surface area contributed by atoms with E-state index in [1.807, 2.05) is 29.8 Å². The molecule has 8 nitrogen and oxygen atoms in total. The number of carbonyl (C=O) groups excluding carboxylic acids is 1. The summed E-state index contributed by atoms with van der Waals surface area (Å²) in [5, 5.41) is 17.7. The number of amides is 1. The molecule has 0 bridgehead atoms. The van der Waals surface area contributed by atoms with Crippen LogP contribution < -0.4 is 4.90 Å². The van der Waals surface area contributed by atoms with Gasteiger partial charge in [-0.1, -0.05) is 12.1 Å². The lowest BCUT2D eigenvalue weighted by atomic mass is 9.75. The van der Waals surface area contributed by atoms with Crippen molar-refractivity contribution in [2.45, 2.75) is 43.9 Å². The highest BCUT2D eigenvalue weighted by Crippen LogP contribution is 2.42. The second kappa shape index (κ2) is 10.3. The number of aromatic nitrogens is 3. The van der Waals surface area contributed by atoms with Gasteiger partial charge < -0.3 is 19.3 Å². The molecule has 212 valence electrons. The molecular formula is C29H32F3N5O3. The molecule has 0 spiro atoms. The number of aryl methyl sites for hydroxylation is 1. The molecule has 3 aromatic rings. The zero-order valence-corrected chi connectivity index (χ0v) is 22.3. The monoisotopic (exact) mass is 555 g/mol. The van der Waals surface area contributed by atoms with Gasteiger partial charge in [0.15, 0.2) is 0 Å². The van der Waals surface area contributed by atoms with E-state index in [1.54, 1.807) is 18.5 Å². The van der Waals surface area contributed by atoms with E-state index >= 15 is 0 Å². The first kappa shape index (κ1) is 26.9. The molecule has 2 saturated heterocycles. The van der Waals surface area contributed by atoms with Crippen LogP contribution in [0.15, 0.2) is 42.7 Å². The van der Waals surface area contributed by atoms with Gasteiger partial charge in [0.1, 0.15) is 12.2 Å². The zero-order valence-electron chi connectivity index (χ0n) is 22.3. The second-order valence-electron chi connectivity index (χ2n) is 11.3. The van der Waals surface area contributed by atoms with Crippen LogP contribution in [0.2, 0.25) is 0 Å². The van der Waals surface area contributed by atoms with Crippen molar-refractivity contribution >= 4 is 11.6 Å². The van der Waals surface area contributed by atoms with Crippen LogP contribution in [0.1, 0.15) is 51.3 Å². The average molecular weight is 556 g/mol. The minimum absolute atomic E-state index is 0.0132. The fraction of sp³-hybridized carbons (Fsp3) is 0.483. The van der Waals surface area contributed by atoms with E-state index in [1.165, 1.54) is 11.0 Å². The van der Waals surface area contributed by atoms with Gasteiger partial charge in [-0.15, -0.1) is 10.2 Å². The Bertz CT molecular complexity index is 1420.